The minimum atomic E-state index is -0.880. The van der Waals surface area contributed by atoms with Crippen molar-refractivity contribution < 1.29 is 18.8 Å². The number of nitrogens with zero attached hydrogens (tertiary/aromatic N) is 1. The molecule has 24 heavy (non-hydrogen) atoms. The fourth-order valence-electron chi connectivity index (χ4n) is 2.50. The van der Waals surface area contributed by atoms with E-state index in [4.69, 9.17) is 5.73 Å². The lowest BCUT2D eigenvalue weighted by Crippen LogP contribution is -2.25. The van der Waals surface area contributed by atoms with Crippen molar-refractivity contribution in [3.05, 3.63) is 57.1 Å². The predicted octanol–water partition coefficient (Wildman–Crippen LogP) is -0.198. The van der Waals surface area contributed by atoms with E-state index in [9.17, 15) is 23.6 Å². The second-order valence-electron chi connectivity index (χ2n) is 5.02. The molecule has 9 heteroatoms. The lowest BCUT2D eigenvalue weighted by Gasteiger charge is -2.13. The fourth-order valence-corrected chi connectivity index (χ4v) is 2.50. The van der Waals surface area contributed by atoms with Gasteiger partial charge in [0.2, 0.25) is 0 Å². The molecule has 2 heterocycles. The zero-order valence-electron chi connectivity index (χ0n) is 12.3. The van der Waals surface area contributed by atoms with Gasteiger partial charge in [0.05, 0.1) is 16.8 Å². The Kier molecular flexibility index (Phi) is 3.40. The fraction of sp³-hybridized carbons (Fsp3) is 0.0667. The van der Waals surface area contributed by atoms with Gasteiger partial charge in [-0.25, -0.2) is 4.39 Å². The zero-order chi connectivity index (χ0) is 17.6. The summed E-state index contributed by atoms with van der Waals surface area (Å²) in [5, 5.41) is 4.36. The first kappa shape index (κ1) is 15.4. The maximum atomic E-state index is 14.4. The number of aromatic nitrogens is 1. The number of hydrogen-bond donors (Lipinski definition) is 3. The molecular weight excluding hydrogens is 319 g/mol. The minimum absolute atomic E-state index is 0.0550. The molecule has 0 spiro atoms. The highest BCUT2D eigenvalue weighted by Gasteiger charge is 2.32. The molecule has 4 N–H and O–H groups in total. The van der Waals surface area contributed by atoms with Gasteiger partial charge < -0.3 is 11.1 Å². The van der Waals surface area contributed by atoms with E-state index in [-0.39, 0.29) is 28.2 Å². The van der Waals surface area contributed by atoms with Gasteiger partial charge in [0.1, 0.15) is 11.6 Å². The van der Waals surface area contributed by atoms with Crippen molar-refractivity contribution in [2.75, 3.05) is 12.8 Å². The molecule has 0 fully saturated rings. The van der Waals surface area contributed by atoms with Gasteiger partial charge in [-0.3, -0.25) is 29.1 Å². The average molecular weight is 330 g/mol. The topological polar surface area (TPSA) is 123 Å². The number of anilines is 1. The average Bonchev–Trinajstić information content (AvgIpc) is 2.82. The summed E-state index contributed by atoms with van der Waals surface area (Å²) in [5.74, 6) is -3.23. The molecule has 0 unspecified atom stereocenters. The SMILES string of the molecule is CNC(=O)c1ccc(-n2c(N)c3c(cc2=O)C(=O)NC3=O)c(F)c1. The number of amides is 3. The summed E-state index contributed by atoms with van der Waals surface area (Å²) >= 11 is 0. The lowest BCUT2D eigenvalue weighted by atomic mass is 10.1. The Morgan fingerprint density at radius 2 is 1.92 bits per heavy atom. The molecule has 1 aromatic carbocycles. The third-order valence-electron chi connectivity index (χ3n) is 3.63. The zero-order valence-corrected chi connectivity index (χ0v) is 12.3. The van der Waals surface area contributed by atoms with E-state index in [2.05, 4.69) is 5.32 Å². The van der Waals surface area contributed by atoms with Gasteiger partial charge in [-0.2, -0.15) is 0 Å². The van der Waals surface area contributed by atoms with Crippen LogP contribution in [0.15, 0.2) is 29.1 Å². The number of fused-ring (bicyclic) bond motifs is 1. The Hall–Kier alpha value is -3.49. The molecule has 0 aliphatic carbocycles. The predicted molar refractivity (Wildman–Crippen MR) is 81.6 cm³/mol. The van der Waals surface area contributed by atoms with E-state index in [1.54, 1.807) is 0 Å². The molecule has 1 aliphatic rings. The van der Waals surface area contributed by atoms with Crippen LogP contribution in [0.2, 0.25) is 0 Å². The first-order valence-corrected chi connectivity index (χ1v) is 6.78. The van der Waals surface area contributed by atoms with Crippen molar-refractivity contribution in [1.29, 1.82) is 0 Å². The first-order valence-electron chi connectivity index (χ1n) is 6.78. The second kappa shape index (κ2) is 5.30. The number of nitrogens with two attached hydrogens (primary N) is 1. The number of nitrogens with one attached hydrogen (secondary N) is 2. The van der Waals surface area contributed by atoms with Crippen LogP contribution in [-0.2, 0) is 0 Å². The number of nitrogen functional groups attached to an aromatic ring is 1. The Balaban J connectivity index is 2.24. The van der Waals surface area contributed by atoms with Gasteiger partial charge in [0, 0.05) is 18.7 Å². The van der Waals surface area contributed by atoms with E-state index in [1.807, 2.05) is 5.32 Å². The van der Waals surface area contributed by atoms with E-state index < -0.39 is 29.1 Å². The van der Waals surface area contributed by atoms with E-state index in [0.29, 0.717) is 0 Å². The van der Waals surface area contributed by atoms with Crippen LogP contribution < -0.4 is 21.9 Å². The minimum Gasteiger partial charge on any atom is -0.384 e. The van der Waals surface area contributed by atoms with Gasteiger partial charge >= 0.3 is 0 Å². The molecule has 0 radical (unpaired) electrons. The lowest BCUT2D eigenvalue weighted by molar-refractivity contribution is 0.0878. The van der Waals surface area contributed by atoms with Crippen molar-refractivity contribution >= 4 is 23.5 Å². The Labute approximate surface area is 134 Å². The van der Waals surface area contributed by atoms with Crippen LogP contribution in [0.5, 0.6) is 0 Å². The van der Waals surface area contributed by atoms with Crippen LogP contribution in [0, 0.1) is 5.82 Å². The summed E-state index contributed by atoms with van der Waals surface area (Å²) in [7, 11) is 1.40. The van der Waals surface area contributed by atoms with Crippen molar-refractivity contribution in [3.8, 4) is 5.69 Å². The highest BCUT2D eigenvalue weighted by atomic mass is 19.1. The number of rotatable bonds is 2. The maximum Gasteiger partial charge on any atom is 0.262 e. The van der Waals surface area contributed by atoms with Crippen molar-refractivity contribution in [2.45, 2.75) is 0 Å². The van der Waals surface area contributed by atoms with Gasteiger partial charge in [0.15, 0.2) is 0 Å². The molecule has 3 rings (SSSR count). The summed E-state index contributed by atoms with van der Waals surface area (Å²) in [6, 6.07) is 4.36. The Morgan fingerprint density at radius 3 is 2.54 bits per heavy atom. The summed E-state index contributed by atoms with van der Waals surface area (Å²) in [5.41, 5.74) is 4.52. The largest absolute Gasteiger partial charge is 0.384 e. The van der Waals surface area contributed by atoms with Gasteiger partial charge in [0.25, 0.3) is 23.3 Å². The van der Waals surface area contributed by atoms with Crippen LogP contribution in [0.4, 0.5) is 10.2 Å². The Bertz CT molecular complexity index is 980. The van der Waals surface area contributed by atoms with Crippen molar-refractivity contribution in [3.63, 3.8) is 0 Å². The van der Waals surface area contributed by atoms with Crippen molar-refractivity contribution in [1.82, 2.24) is 15.2 Å². The van der Waals surface area contributed by atoms with Crippen LogP contribution >= 0.6 is 0 Å². The maximum absolute atomic E-state index is 14.4. The first-order chi connectivity index (χ1) is 11.3. The molecule has 0 bridgehead atoms. The molecule has 0 saturated heterocycles. The molecule has 122 valence electrons. The Morgan fingerprint density at radius 1 is 1.21 bits per heavy atom. The molecule has 0 atom stereocenters. The highest BCUT2D eigenvalue weighted by Crippen LogP contribution is 2.24. The second-order valence-corrected chi connectivity index (χ2v) is 5.02. The summed E-state index contributed by atoms with van der Waals surface area (Å²) in [6.45, 7) is 0. The molecule has 1 aliphatic heterocycles. The standard InChI is InChI=1S/C15H11FN4O4/c1-18-13(22)6-2-3-9(8(16)4-6)20-10(21)5-7-11(12(20)17)15(24)19-14(7)23/h2-5H,17H2,1H3,(H,18,22)(H,19,23,24). The van der Waals surface area contributed by atoms with Crippen LogP contribution in [-0.4, -0.2) is 29.3 Å². The number of carbonyl (C=O) groups excluding carboxylic acids is 3. The molecule has 0 saturated carbocycles. The van der Waals surface area contributed by atoms with Crippen molar-refractivity contribution in [2.24, 2.45) is 0 Å². The summed E-state index contributed by atoms with van der Waals surface area (Å²) in [4.78, 5) is 47.1. The van der Waals surface area contributed by atoms with Crippen LogP contribution in [0.3, 0.4) is 0 Å². The third kappa shape index (κ3) is 2.14. The number of hydrogen-bond acceptors (Lipinski definition) is 5. The van der Waals surface area contributed by atoms with Gasteiger partial charge in [-0.15, -0.1) is 0 Å². The monoisotopic (exact) mass is 330 g/mol. The third-order valence-corrected chi connectivity index (χ3v) is 3.63. The van der Waals surface area contributed by atoms with Crippen LogP contribution in [0.1, 0.15) is 31.1 Å². The van der Waals surface area contributed by atoms with Gasteiger partial charge in [-0.1, -0.05) is 0 Å². The summed E-state index contributed by atoms with van der Waals surface area (Å²) < 4.78 is 15.1. The molecule has 8 nitrogen and oxygen atoms in total. The number of imide groups is 1. The number of pyridine rings is 1. The molecule has 1 aromatic heterocycles. The van der Waals surface area contributed by atoms with E-state index >= 15 is 0 Å². The quantitative estimate of drug-likeness (QED) is 0.658. The van der Waals surface area contributed by atoms with Crippen LogP contribution in [0.25, 0.3) is 5.69 Å². The summed E-state index contributed by atoms with van der Waals surface area (Å²) in [6.07, 6.45) is 0. The molecular formula is C15H11FN4O4. The smallest absolute Gasteiger partial charge is 0.262 e. The number of carbonyl (C=O) groups is 3. The highest BCUT2D eigenvalue weighted by molar-refractivity contribution is 6.23. The normalized spacial score (nSPS) is 12.8. The number of halogens is 1. The van der Waals surface area contributed by atoms with Gasteiger partial charge in [-0.05, 0) is 18.2 Å². The molecule has 2 aromatic rings. The number of benzene rings is 1. The molecule has 3 amide bonds. The van der Waals surface area contributed by atoms with E-state index in [1.165, 1.54) is 19.2 Å². The van der Waals surface area contributed by atoms with E-state index in [0.717, 1.165) is 16.7 Å².